The monoisotopic (exact) mass is 470 g/mol. The predicted molar refractivity (Wildman–Crippen MR) is 134 cm³/mol. The molecular formula is C27H42N4O3. The van der Waals surface area contributed by atoms with E-state index in [4.69, 9.17) is 4.98 Å². The van der Waals surface area contributed by atoms with Crippen molar-refractivity contribution in [3.05, 3.63) is 23.4 Å². The number of hydrogen-bond donors (Lipinski definition) is 3. The molecule has 3 N–H and O–H groups in total. The second-order valence-corrected chi connectivity index (χ2v) is 10.5. The quantitative estimate of drug-likeness (QED) is 0.403. The number of aliphatic carboxylic acids is 1. The number of hydrogen-bond acceptors (Lipinski definition) is 5. The number of carboxylic acid groups (broad SMARTS) is 1. The molecule has 0 spiro atoms. The zero-order chi connectivity index (χ0) is 24.1. The molecule has 1 atom stereocenters. The number of amides is 1. The predicted octanol–water partition coefficient (Wildman–Crippen LogP) is 4.01. The van der Waals surface area contributed by atoms with Crippen LogP contribution in [0.2, 0.25) is 0 Å². The number of rotatable bonds is 13. The number of carbonyl (C=O) groups excluding carboxylic acids is 1. The van der Waals surface area contributed by atoms with Gasteiger partial charge >= 0.3 is 5.97 Å². The lowest BCUT2D eigenvalue weighted by atomic mass is 9.76. The van der Waals surface area contributed by atoms with Crippen molar-refractivity contribution < 1.29 is 14.7 Å². The molecule has 1 aliphatic heterocycles. The summed E-state index contributed by atoms with van der Waals surface area (Å²) in [5.41, 5.74) is 2.53. The maximum atomic E-state index is 12.4. The second-order valence-electron chi connectivity index (χ2n) is 10.5. The van der Waals surface area contributed by atoms with E-state index in [0.29, 0.717) is 18.5 Å². The maximum Gasteiger partial charge on any atom is 0.326 e. The average Bonchev–Trinajstić information content (AvgIpc) is 3.64. The summed E-state index contributed by atoms with van der Waals surface area (Å²) in [6.07, 6.45) is 11.3. The summed E-state index contributed by atoms with van der Waals surface area (Å²) in [5, 5.41) is 15.9. The molecule has 0 bridgehead atoms. The Labute approximate surface area is 204 Å². The van der Waals surface area contributed by atoms with Gasteiger partial charge in [-0.2, -0.15) is 0 Å². The number of nitrogens with zero attached hydrogens (tertiary/aromatic N) is 2. The van der Waals surface area contributed by atoms with Gasteiger partial charge in [-0.3, -0.25) is 9.69 Å². The Balaban J connectivity index is 1.23. The number of aryl methyl sites for hydroxylation is 2. The molecule has 188 valence electrons. The van der Waals surface area contributed by atoms with Crippen molar-refractivity contribution in [1.82, 2.24) is 15.2 Å². The molecule has 1 amide bonds. The molecule has 2 saturated carbocycles. The van der Waals surface area contributed by atoms with Crippen LogP contribution in [0.5, 0.6) is 0 Å². The lowest BCUT2D eigenvalue weighted by Gasteiger charge is -2.44. The first-order valence-electron chi connectivity index (χ1n) is 13.5. The fourth-order valence-corrected chi connectivity index (χ4v) is 5.62. The minimum atomic E-state index is -0.923. The number of pyridine rings is 1. The molecule has 1 unspecified atom stereocenters. The molecule has 0 radical (unpaired) electrons. The fourth-order valence-electron chi connectivity index (χ4n) is 5.62. The summed E-state index contributed by atoms with van der Waals surface area (Å²) in [5.74, 6) is 0.661. The number of aromatic nitrogens is 1. The zero-order valence-electron chi connectivity index (χ0n) is 20.9. The van der Waals surface area contributed by atoms with E-state index in [1.54, 1.807) is 0 Å². The molecule has 0 saturated heterocycles. The lowest BCUT2D eigenvalue weighted by molar-refractivity contribution is -0.143. The Kier molecular flexibility index (Phi) is 8.46. The Morgan fingerprint density at radius 3 is 2.65 bits per heavy atom. The Morgan fingerprint density at radius 1 is 1.21 bits per heavy atom. The highest BCUT2D eigenvalue weighted by atomic mass is 16.4. The molecule has 1 aromatic rings. The molecule has 2 fully saturated rings. The van der Waals surface area contributed by atoms with Crippen LogP contribution in [-0.2, 0) is 22.4 Å². The summed E-state index contributed by atoms with van der Waals surface area (Å²) in [6, 6.07) is 4.79. The highest BCUT2D eigenvalue weighted by molar-refractivity contribution is 5.84. The first-order chi connectivity index (χ1) is 16.5. The van der Waals surface area contributed by atoms with E-state index >= 15 is 0 Å². The topological polar surface area (TPSA) is 94.6 Å². The van der Waals surface area contributed by atoms with Crippen LogP contribution in [0, 0.1) is 11.8 Å². The minimum absolute atomic E-state index is 0.103. The van der Waals surface area contributed by atoms with Crippen molar-refractivity contribution in [2.45, 2.75) is 103 Å². The van der Waals surface area contributed by atoms with Gasteiger partial charge in [0.15, 0.2) is 0 Å². The minimum Gasteiger partial charge on any atom is -0.480 e. The second kappa shape index (κ2) is 11.5. The molecule has 7 heteroatoms. The summed E-state index contributed by atoms with van der Waals surface area (Å²) in [4.78, 5) is 31.6. The van der Waals surface area contributed by atoms with Crippen LogP contribution in [0.4, 0.5) is 5.82 Å². The number of nitrogens with one attached hydrogen (secondary N) is 2. The largest absolute Gasteiger partial charge is 0.480 e. The lowest BCUT2D eigenvalue weighted by Crippen LogP contribution is -2.49. The van der Waals surface area contributed by atoms with E-state index in [1.807, 2.05) is 13.8 Å². The third-order valence-electron chi connectivity index (χ3n) is 8.10. The fraction of sp³-hybridized carbons (Fsp3) is 0.741. The van der Waals surface area contributed by atoms with Gasteiger partial charge in [0, 0.05) is 36.8 Å². The van der Waals surface area contributed by atoms with Gasteiger partial charge in [-0.05, 0) is 88.2 Å². The van der Waals surface area contributed by atoms with E-state index in [1.165, 1.54) is 49.8 Å². The van der Waals surface area contributed by atoms with Crippen molar-refractivity contribution in [3.63, 3.8) is 0 Å². The maximum absolute atomic E-state index is 12.4. The number of anilines is 1. The smallest absolute Gasteiger partial charge is 0.326 e. The molecular weight excluding hydrogens is 428 g/mol. The van der Waals surface area contributed by atoms with Crippen LogP contribution in [0.3, 0.4) is 0 Å². The van der Waals surface area contributed by atoms with Crippen molar-refractivity contribution in [2.75, 3.05) is 18.4 Å². The van der Waals surface area contributed by atoms with Crippen LogP contribution < -0.4 is 10.6 Å². The van der Waals surface area contributed by atoms with Crippen molar-refractivity contribution in [2.24, 2.45) is 11.8 Å². The molecule has 3 aliphatic rings. The van der Waals surface area contributed by atoms with Gasteiger partial charge in [0.05, 0.1) is 0 Å². The van der Waals surface area contributed by atoms with E-state index < -0.39 is 12.0 Å². The van der Waals surface area contributed by atoms with Crippen molar-refractivity contribution >= 4 is 17.7 Å². The van der Waals surface area contributed by atoms with Crippen LogP contribution in [0.25, 0.3) is 0 Å². The molecule has 1 aromatic heterocycles. The molecule has 0 aromatic carbocycles. The number of fused-ring (bicyclic) bond motifs is 1. The van der Waals surface area contributed by atoms with Crippen LogP contribution in [-0.4, -0.2) is 58.1 Å². The highest BCUT2D eigenvalue weighted by Gasteiger charge is 2.40. The van der Waals surface area contributed by atoms with Crippen LogP contribution in [0.15, 0.2) is 12.1 Å². The van der Waals surface area contributed by atoms with Crippen LogP contribution in [0.1, 0.15) is 82.9 Å². The Hall–Kier alpha value is -2.15. The summed E-state index contributed by atoms with van der Waals surface area (Å²) in [7, 11) is 0. The van der Waals surface area contributed by atoms with Crippen LogP contribution >= 0.6 is 0 Å². The Bertz CT molecular complexity index is 846. The number of carbonyl (C=O) groups is 2. The highest BCUT2D eigenvalue weighted by Crippen LogP contribution is 2.40. The third kappa shape index (κ3) is 6.29. The summed E-state index contributed by atoms with van der Waals surface area (Å²) < 4.78 is 0. The van der Waals surface area contributed by atoms with E-state index in [2.05, 4.69) is 27.7 Å². The first-order valence-corrected chi connectivity index (χ1v) is 13.5. The molecule has 4 rings (SSSR count). The zero-order valence-corrected chi connectivity index (χ0v) is 20.9. The van der Waals surface area contributed by atoms with Gasteiger partial charge < -0.3 is 15.7 Å². The average molecular weight is 471 g/mol. The van der Waals surface area contributed by atoms with Crippen molar-refractivity contribution in [3.8, 4) is 0 Å². The van der Waals surface area contributed by atoms with E-state index in [0.717, 1.165) is 50.5 Å². The van der Waals surface area contributed by atoms with Gasteiger partial charge in [-0.15, -0.1) is 0 Å². The third-order valence-corrected chi connectivity index (χ3v) is 8.10. The van der Waals surface area contributed by atoms with Gasteiger partial charge in [0.2, 0.25) is 5.91 Å². The van der Waals surface area contributed by atoms with Crippen molar-refractivity contribution in [1.29, 1.82) is 0 Å². The van der Waals surface area contributed by atoms with Gasteiger partial charge in [-0.1, -0.05) is 19.9 Å². The van der Waals surface area contributed by atoms with Gasteiger partial charge in [0.1, 0.15) is 11.9 Å². The molecule has 7 nitrogen and oxygen atoms in total. The van der Waals surface area contributed by atoms with E-state index in [9.17, 15) is 14.7 Å². The molecule has 2 heterocycles. The normalized spacial score (nSPS) is 22.6. The summed E-state index contributed by atoms with van der Waals surface area (Å²) >= 11 is 0. The standard InChI is InChI=1S/C27H42N4O3/c1-3-19(4-2)26(32)30-24(27(33)34)13-15-31(22-11-12-22)23-16-18(17-23)7-9-21-10-8-20-6-5-14-28-25(20)29-21/h8,10,18-19,22-24H,3-7,9,11-17H2,1-2H3,(H,28,29)(H,30,32)(H,33,34). The summed E-state index contributed by atoms with van der Waals surface area (Å²) in [6.45, 7) is 5.73. The van der Waals surface area contributed by atoms with E-state index in [-0.39, 0.29) is 11.8 Å². The Morgan fingerprint density at radius 2 is 1.97 bits per heavy atom. The molecule has 2 aliphatic carbocycles. The molecule has 34 heavy (non-hydrogen) atoms. The van der Waals surface area contributed by atoms with Gasteiger partial charge in [-0.25, -0.2) is 9.78 Å². The number of carboxylic acids is 1. The van der Waals surface area contributed by atoms with Gasteiger partial charge in [0.25, 0.3) is 0 Å². The SMILES string of the molecule is CCC(CC)C(=O)NC(CCN(C1CC1)C1CC(CCc2ccc3c(n2)NCCC3)C1)C(=O)O. The first kappa shape index (κ1) is 25.0.